The van der Waals surface area contributed by atoms with E-state index in [1.54, 1.807) is 36.4 Å². The third-order valence-corrected chi connectivity index (χ3v) is 6.02. The molecule has 0 unspecified atom stereocenters. The van der Waals surface area contributed by atoms with E-state index in [1.165, 1.54) is 17.0 Å². The minimum absolute atomic E-state index is 0.00297. The number of carbonyl (C=O) groups is 4. The molecule has 4 rings (SSSR count). The molecule has 2 aromatic rings. The SMILES string of the molecule is CCOc1ccc(NC(=O)COC(=O)c2ccc(N3C(=O)[C@@H]4[C@H](C)C=CC[C@H]4C3=O)cc2)cc1. The van der Waals surface area contributed by atoms with Crippen LogP contribution in [0.5, 0.6) is 5.75 Å². The molecule has 1 N–H and O–H groups in total. The third kappa shape index (κ3) is 4.71. The van der Waals surface area contributed by atoms with E-state index in [0.29, 0.717) is 30.2 Å². The predicted octanol–water partition coefficient (Wildman–Crippen LogP) is 3.58. The molecule has 1 saturated heterocycles. The Morgan fingerprint density at radius 3 is 2.38 bits per heavy atom. The maximum absolute atomic E-state index is 12.9. The molecule has 0 radical (unpaired) electrons. The van der Waals surface area contributed by atoms with Gasteiger partial charge in [-0.1, -0.05) is 19.1 Å². The Kier molecular flexibility index (Phi) is 6.77. The molecule has 0 bridgehead atoms. The number of ether oxygens (including phenoxy) is 2. The number of carbonyl (C=O) groups excluding carboxylic acids is 4. The van der Waals surface area contributed by atoms with Gasteiger partial charge in [0.25, 0.3) is 5.91 Å². The lowest BCUT2D eigenvalue weighted by molar-refractivity contribution is -0.123. The van der Waals surface area contributed by atoms with Gasteiger partial charge in [0.1, 0.15) is 5.75 Å². The maximum atomic E-state index is 12.9. The van der Waals surface area contributed by atoms with Crippen LogP contribution in [0.3, 0.4) is 0 Å². The van der Waals surface area contributed by atoms with E-state index in [2.05, 4.69) is 5.32 Å². The van der Waals surface area contributed by atoms with Gasteiger partial charge in [-0.05, 0) is 67.8 Å². The molecule has 1 aliphatic heterocycles. The summed E-state index contributed by atoms with van der Waals surface area (Å²) >= 11 is 0. The van der Waals surface area contributed by atoms with Gasteiger partial charge in [0, 0.05) is 5.69 Å². The van der Waals surface area contributed by atoms with Crippen molar-refractivity contribution in [3.63, 3.8) is 0 Å². The highest BCUT2D eigenvalue weighted by molar-refractivity contribution is 6.22. The van der Waals surface area contributed by atoms with Crippen LogP contribution in [-0.4, -0.2) is 36.9 Å². The molecule has 8 heteroatoms. The maximum Gasteiger partial charge on any atom is 0.338 e. The van der Waals surface area contributed by atoms with Gasteiger partial charge in [-0.3, -0.25) is 19.3 Å². The van der Waals surface area contributed by atoms with Crippen LogP contribution in [0.4, 0.5) is 11.4 Å². The van der Waals surface area contributed by atoms with Crippen LogP contribution in [0, 0.1) is 17.8 Å². The number of amides is 3. The van der Waals surface area contributed by atoms with E-state index in [0.717, 1.165) is 0 Å². The highest BCUT2D eigenvalue weighted by Crippen LogP contribution is 2.40. The second kappa shape index (κ2) is 9.91. The molecular weight excluding hydrogens is 436 g/mol. The first-order valence-electron chi connectivity index (χ1n) is 11.2. The number of nitrogens with one attached hydrogen (secondary N) is 1. The standard InChI is InChI=1S/C26H26N2O6/c1-3-33-20-13-9-18(10-14-20)27-22(29)15-34-26(32)17-7-11-19(12-8-17)28-24(30)21-6-4-5-16(2)23(21)25(28)31/h4-5,7-14,16,21,23H,3,6,15H2,1-2H3,(H,27,29)/t16-,21-,23-/m1/s1. The monoisotopic (exact) mass is 462 g/mol. The van der Waals surface area contributed by atoms with Crippen LogP contribution in [0.15, 0.2) is 60.7 Å². The fourth-order valence-corrected chi connectivity index (χ4v) is 4.36. The Labute approximate surface area is 197 Å². The van der Waals surface area contributed by atoms with Gasteiger partial charge < -0.3 is 14.8 Å². The van der Waals surface area contributed by atoms with Gasteiger partial charge >= 0.3 is 5.97 Å². The molecular formula is C26H26N2O6. The highest BCUT2D eigenvalue weighted by atomic mass is 16.5. The number of imide groups is 1. The van der Waals surface area contributed by atoms with Crippen molar-refractivity contribution in [1.29, 1.82) is 0 Å². The summed E-state index contributed by atoms with van der Waals surface area (Å²) in [5.41, 5.74) is 1.18. The molecule has 1 aliphatic carbocycles. The molecule has 1 fully saturated rings. The minimum atomic E-state index is -0.682. The summed E-state index contributed by atoms with van der Waals surface area (Å²) < 4.78 is 10.4. The number of rotatable bonds is 7. The first-order valence-corrected chi connectivity index (χ1v) is 11.2. The van der Waals surface area contributed by atoms with Crippen LogP contribution in [0.1, 0.15) is 30.6 Å². The summed E-state index contributed by atoms with van der Waals surface area (Å²) in [6.45, 7) is 3.91. The van der Waals surface area contributed by atoms with Gasteiger partial charge in [0.2, 0.25) is 11.8 Å². The molecule has 176 valence electrons. The fourth-order valence-electron chi connectivity index (χ4n) is 4.36. The second-order valence-electron chi connectivity index (χ2n) is 8.30. The third-order valence-electron chi connectivity index (χ3n) is 6.02. The smallest absolute Gasteiger partial charge is 0.338 e. The van der Waals surface area contributed by atoms with Crippen molar-refractivity contribution in [2.45, 2.75) is 20.3 Å². The quantitative estimate of drug-likeness (QED) is 0.383. The van der Waals surface area contributed by atoms with Crippen molar-refractivity contribution in [3.05, 3.63) is 66.2 Å². The average Bonchev–Trinajstić information content (AvgIpc) is 3.10. The first-order chi connectivity index (χ1) is 16.4. The Morgan fingerprint density at radius 2 is 1.74 bits per heavy atom. The zero-order valence-corrected chi connectivity index (χ0v) is 19.0. The van der Waals surface area contributed by atoms with Crippen molar-refractivity contribution in [3.8, 4) is 5.75 Å². The molecule has 1 heterocycles. The molecule has 0 aromatic heterocycles. The number of fused-ring (bicyclic) bond motifs is 1. The molecule has 0 saturated carbocycles. The van der Waals surface area contributed by atoms with E-state index >= 15 is 0 Å². The lowest BCUT2D eigenvalue weighted by Crippen LogP contribution is -2.31. The Bertz CT molecular complexity index is 1120. The summed E-state index contributed by atoms with van der Waals surface area (Å²) in [6.07, 6.45) is 4.48. The Hall–Kier alpha value is -3.94. The van der Waals surface area contributed by atoms with Gasteiger partial charge in [-0.15, -0.1) is 0 Å². The minimum Gasteiger partial charge on any atom is -0.494 e. The number of benzene rings is 2. The van der Waals surface area contributed by atoms with Gasteiger partial charge in [0.05, 0.1) is 29.7 Å². The molecule has 8 nitrogen and oxygen atoms in total. The topological polar surface area (TPSA) is 102 Å². The lowest BCUT2D eigenvalue weighted by atomic mass is 9.78. The predicted molar refractivity (Wildman–Crippen MR) is 125 cm³/mol. The van der Waals surface area contributed by atoms with Crippen molar-refractivity contribution in [2.75, 3.05) is 23.4 Å². The number of anilines is 2. The number of allylic oxidation sites excluding steroid dienone is 2. The van der Waals surface area contributed by atoms with Crippen molar-refractivity contribution in [1.82, 2.24) is 0 Å². The van der Waals surface area contributed by atoms with Crippen molar-refractivity contribution < 1.29 is 28.7 Å². The van der Waals surface area contributed by atoms with E-state index in [1.807, 2.05) is 26.0 Å². The van der Waals surface area contributed by atoms with Gasteiger partial charge in [0.15, 0.2) is 6.61 Å². The first kappa shape index (κ1) is 23.2. The normalized spacial score (nSPS) is 21.2. The zero-order valence-electron chi connectivity index (χ0n) is 19.0. The fraction of sp³-hybridized carbons (Fsp3) is 0.308. The molecule has 3 amide bonds. The second-order valence-corrected chi connectivity index (χ2v) is 8.30. The Morgan fingerprint density at radius 1 is 1.03 bits per heavy atom. The molecule has 2 aliphatic rings. The summed E-state index contributed by atoms with van der Waals surface area (Å²) in [5.74, 6) is -1.59. The number of hydrogen-bond acceptors (Lipinski definition) is 6. The van der Waals surface area contributed by atoms with Crippen LogP contribution >= 0.6 is 0 Å². The Balaban J connectivity index is 1.33. The van der Waals surface area contributed by atoms with E-state index in [-0.39, 0.29) is 35.1 Å². The number of hydrogen-bond donors (Lipinski definition) is 1. The summed E-state index contributed by atoms with van der Waals surface area (Å²) in [5, 5.41) is 2.64. The molecule has 2 aromatic carbocycles. The van der Waals surface area contributed by atoms with Gasteiger partial charge in [-0.25, -0.2) is 4.79 Å². The van der Waals surface area contributed by atoms with Crippen LogP contribution in [-0.2, 0) is 19.1 Å². The highest BCUT2D eigenvalue weighted by Gasteiger charge is 2.50. The molecule has 3 atom stereocenters. The number of nitrogens with zero attached hydrogens (tertiary/aromatic N) is 1. The molecule has 34 heavy (non-hydrogen) atoms. The van der Waals surface area contributed by atoms with Crippen LogP contribution < -0.4 is 15.0 Å². The van der Waals surface area contributed by atoms with E-state index in [4.69, 9.17) is 9.47 Å². The average molecular weight is 463 g/mol. The van der Waals surface area contributed by atoms with Crippen molar-refractivity contribution >= 4 is 35.1 Å². The van der Waals surface area contributed by atoms with Crippen LogP contribution in [0.25, 0.3) is 0 Å². The van der Waals surface area contributed by atoms with Crippen molar-refractivity contribution in [2.24, 2.45) is 17.8 Å². The largest absolute Gasteiger partial charge is 0.494 e. The number of esters is 1. The molecule has 0 spiro atoms. The van der Waals surface area contributed by atoms with E-state index < -0.39 is 18.5 Å². The van der Waals surface area contributed by atoms with E-state index in [9.17, 15) is 19.2 Å². The zero-order chi connectivity index (χ0) is 24.2. The summed E-state index contributed by atoms with van der Waals surface area (Å²) in [7, 11) is 0. The summed E-state index contributed by atoms with van der Waals surface area (Å²) in [6, 6.07) is 12.9. The van der Waals surface area contributed by atoms with Crippen LogP contribution in [0.2, 0.25) is 0 Å². The summed E-state index contributed by atoms with van der Waals surface area (Å²) in [4.78, 5) is 51.4. The van der Waals surface area contributed by atoms with Gasteiger partial charge in [-0.2, -0.15) is 0 Å². The lowest BCUT2D eigenvalue weighted by Gasteiger charge is -2.22.